The number of rotatable bonds is 4. The first-order valence-electron chi connectivity index (χ1n) is 7.27. The normalized spacial score (nSPS) is 29.8. The van der Waals surface area contributed by atoms with Crippen LogP contribution in [0.15, 0.2) is 0 Å². The van der Waals surface area contributed by atoms with Crippen molar-refractivity contribution in [2.45, 2.75) is 43.1 Å². The number of esters is 2. The van der Waals surface area contributed by atoms with Gasteiger partial charge in [0.1, 0.15) is 24.6 Å². The van der Waals surface area contributed by atoms with Gasteiger partial charge in [-0.25, -0.2) is 9.59 Å². The first-order valence-corrected chi connectivity index (χ1v) is 10.4. The number of carbonyl (C=O) groups is 3. The average Bonchev–Trinajstić information content (AvgIpc) is 2.77. The summed E-state index contributed by atoms with van der Waals surface area (Å²) in [6.45, 7) is 2.30. The number of nitrogens with two attached hydrogens (primary N) is 1. The minimum absolute atomic E-state index is 0.500. The van der Waals surface area contributed by atoms with Gasteiger partial charge in [0.15, 0.2) is 0 Å². The SMILES string of the molecule is CC1(C)S[C@H]2N(C(=O)[C@@]2(N)C(=O)OCC(Cl)(Cl)Cl)[C@H]1C(=O)OCC(Cl)(Cl)Cl. The van der Waals surface area contributed by atoms with E-state index < -0.39 is 60.3 Å². The number of nitrogens with zero attached hydrogens (tertiary/aromatic N) is 1. The van der Waals surface area contributed by atoms with Crippen molar-refractivity contribution >= 4 is 99.2 Å². The van der Waals surface area contributed by atoms with Crippen LogP contribution in [0.3, 0.4) is 0 Å². The molecular formula is C13H14Cl6N2O5S. The van der Waals surface area contributed by atoms with Crippen molar-refractivity contribution in [1.82, 2.24) is 4.90 Å². The summed E-state index contributed by atoms with van der Waals surface area (Å²) in [5.41, 5.74) is 3.99. The topological polar surface area (TPSA) is 98.9 Å². The monoisotopic (exact) mass is 520 g/mol. The number of hydrogen-bond donors (Lipinski definition) is 1. The van der Waals surface area contributed by atoms with Crippen LogP contribution < -0.4 is 5.73 Å². The number of thioether (sulfide) groups is 1. The molecule has 1 amide bonds. The molecule has 0 unspecified atom stereocenters. The fourth-order valence-corrected chi connectivity index (χ4v) is 4.71. The van der Waals surface area contributed by atoms with Gasteiger partial charge in [-0.2, -0.15) is 0 Å². The van der Waals surface area contributed by atoms with Crippen molar-refractivity contribution in [3.05, 3.63) is 0 Å². The van der Waals surface area contributed by atoms with Gasteiger partial charge in [0.25, 0.3) is 5.91 Å². The maximum Gasteiger partial charge on any atom is 0.339 e. The quantitative estimate of drug-likeness (QED) is 0.262. The van der Waals surface area contributed by atoms with Crippen LogP contribution in [0.25, 0.3) is 0 Å². The molecular weight excluding hydrogens is 509 g/mol. The summed E-state index contributed by atoms with van der Waals surface area (Å²) in [5.74, 6) is -2.65. The summed E-state index contributed by atoms with van der Waals surface area (Å²) in [4.78, 5) is 38.6. The van der Waals surface area contributed by atoms with Gasteiger partial charge in [-0.15, -0.1) is 11.8 Å². The molecule has 2 fully saturated rings. The van der Waals surface area contributed by atoms with Crippen molar-refractivity contribution in [1.29, 1.82) is 0 Å². The van der Waals surface area contributed by atoms with Crippen LogP contribution in [-0.4, -0.2) is 65.2 Å². The number of halogens is 6. The first-order chi connectivity index (χ1) is 12.0. The number of hydrogen-bond acceptors (Lipinski definition) is 7. The molecule has 2 saturated heterocycles. The number of fused-ring (bicyclic) bond motifs is 1. The minimum Gasteiger partial charge on any atom is -0.460 e. The molecule has 0 bridgehead atoms. The van der Waals surface area contributed by atoms with E-state index in [2.05, 4.69) is 0 Å². The molecule has 2 heterocycles. The number of amides is 1. The molecule has 0 spiro atoms. The van der Waals surface area contributed by atoms with Crippen molar-refractivity contribution in [2.24, 2.45) is 5.73 Å². The second-order valence-electron chi connectivity index (χ2n) is 6.47. The fraction of sp³-hybridized carbons (Fsp3) is 0.769. The molecule has 2 aliphatic heterocycles. The largest absolute Gasteiger partial charge is 0.460 e. The summed E-state index contributed by atoms with van der Waals surface area (Å²) in [6, 6.07) is -1.04. The average molecular weight is 523 g/mol. The van der Waals surface area contributed by atoms with Crippen molar-refractivity contribution in [2.75, 3.05) is 13.2 Å². The summed E-state index contributed by atoms with van der Waals surface area (Å²) in [7, 11) is 0. The lowest BCUT2D eigenvalue weighted by Gasteiger charge is -2.48. The second kappa shape index (κ2) is 7.61. The molecule has 0 aromatic rings. The smallest absolute Gasteiger partial charge is 0.339 e. The van der Waals surface area contributed by atoms with Gasteiger partial charge in [0, 0.05) is 4.75 Å². The van der Waals surface area contributed by atoms with Crippen molar-refractivity contribution in [3.8, 4) is 0 Å². The Hall–Kier alpha value is 0.460. The highest BCUT2D eigenvalue weighted by Crippen LogP contribution is 2.54. The van der Waals surface area contributed by atoms with E-state index in [1.54, 1.807) is 13.8 Å². The van der Waals surface area contributed by atoms with E-state index in [1.807, 2.05) is 0 Å². The molecule has 2 rings (SSSR count). The maximum absolute atomic E-state index is 12.6. The molecule has 27 heavy (non-hydrogen) atoms. The second-order valence-corrected chi connectivity index (χ2v) is 13.2. The van der Waals surface area contributed by atoms with Crippen LogP contribution in [0, 0.1) is 0 Å². The van der Waals surface area contributed by atoms with E-state index in [1.165, 1.54) is 0 Å². The van der Waals surface area contributed by atoms with Crippen LogP contribution in [0.5, 0.6) is 0 Å². The van der Waals surface area contributed by atoms with Gasteiger partial charge in [-0.1, -0.05) is 69.6 Å². The Morgan fingerprint density at radius 2 is 1.59 bits per heavy atom. The van der Waals surface area contributed by atoms with Crippen LogP contribution in [0.2, 0.25) is 0 Å². The van der Waals surface area contributed by atoms with Gasteiger partial charge in [0.2, 0.25) is 13.1 Å². The number of carbonyl (C=O) groups excluding carboxylic acids is 3. The predicted octanol–water partition coefficient (Wildman–Crippen LogP) is 2.57. The summed E-state index contributed by atoms with van der Waals surface area (Å²) >= 11 is 34.5. The highest BCUT2D eigenvalue weighted by molar-refractivity contribution is 8.01. The molecule has 0 aromatic carbocycles. The van der Waals surface area contributed by atoms with Gasteiger partial charge in [-0.3, -0.25) is 4.79 Å². The highest BCUT2D eigenvalue weighted by Gasteiger charge is 2.74. The van der Waals surface area contributed by atoms with Crippen LogP contribution >= 0.6 is 81.4 Å². The van der Waals surface area contributed by atoms with E-state index in [9.17, 15) is 14.4 Å². The van der Waals surface area contributed by atoms with Gasteiger partial charge in [0.05, 0.1) is 0 Å². The van der Waals surface area contributed by atoms with Gasteiger partial charge < -0.3 is 20.1 Å². The molecule has 154 valence electrons. The molecule has 2 aliphatic rings. The van der Waals surface area contributed by atoms with Gasteiger partial charge in [-0.05, 0) is 13.8 Å². The Morgan fingerprint density at radius 3 is 2.07 bits per heavy atom. The standard InChI is InChI=1S/C13H14Cl6N2O5S/c1-10(2)5(6(22)25-3-11(14,15)16)21-7(23)13(20,8(21)27-10)9(24)26-4-12(17,18)19/h5,8H,3-4,20H2,1-2H3/t5-,8+,13-/m0/s1. The molecule has 3 atom stereocenters. The number of ether oxygens (including phenoxy) is 2. The van der Waals surface area contributed by atoms with E-state index >= 15 is 0 Å². The molecule has 7 nitrogen and oxygen atoms in total. The number of alkyl halides is 6. The van der Waals surface area contributed by atoms with E-state index in [0.717, 1.165) is 16.7 Å². The highest BCUT2D eigenvalue weighted by atomic mass is 35.6. The van der Waals surface area contributed by atoms with E-state index in [4.69, 9.17) is 84.8 Å². The van der Waals surface area contributed by atoms with E-state index in [-0.39, 0.29) is 0 Å². The fourth-order valence-electron chi connectivity index (χ4n) is 2.75. The van der Waals surface area contributed by atoms with E-state index in [0.29, 0.717) is 0 Å². The number of β-lactam (4-membered cyclic amide) rings is 1. The van der Waals surface area contributed by atoms with Crippen LogP contribution in [0.4, 0.5) is 0 Å². The third-order valence-corrected chi connectivity index (χ3v) is 6.20. The maximum atomic E-state index is 12.6. The predicted molar refractivity (Wildman–Crippen MR) is 106 cm³/mol. The van der Waals surface area contributed by atoms with Crippen LogP contribution in [-0.2, 0) is 23.9 Å². The Bertz CT molecular complexity index is 667. The lowest BCUT2D eigenvalue weighted by Crippen LogP contribution is -2.81. The molecule has 0 saturated carbocycles. The molecule has 0 aromatic heterocycles. The third-order valence-electron chi connectivity index (χ3n) is 3.89. The minimum atomic E-state index is -2.01. The Balaban J connectivity index is 2.16. The Kier molecular flexibility index (Phi) is 6.69. The lowest BCUT2D eigenvalue weighted by molar-refractivity contribution is -0.178. The molecule has 0 aliphatic carbocycles. The summed E-state index contributed by atoms with van der Waals surface area (Å²) in [6.07, 6.45) is 0. The van der Waals surface area contributed by atoms with Crippen LogP contribution in [0.1, 0.15) is 13.8 Å². The molecule has 0 radical (unpaired) electrons. The summed E-state index contributed by atoms with van der Waals surface area (Å²) < 4.78 is 5.36. The van der Waals surface area contributed by atoms with Crippen molar-refractivity contribution < 1.29 is 23.9 Å². The Labute approximate surface area is 189 Å². The Morgan fingerprint density at radius 1 is 1.11 bits per heavy atom. The lowest BCUT2D eigenvalue weighted by atomic mass is 9.85. The van der Waals surface area contributed by atoms with Gasteiger partial charge >= 0.3 is 11.9 Å². The molecule has 14 heteroatoms. The molecule has 2 N–H and O–H groups in total. The zero-order chi connectivity index (χ0) is 21.0. The summed E-state index contributed by atoms with van der Waals surface area (Å²) in [5, 5.41) is -0.867. The zero-order valence-corrected chi connectivity index (χ0v) is 19.2. The van der Waals surface area contributed by atoms with Crippen molar-refractivity contribution in [3.63, 3.8) is 0 Å². The third kappa shape index (κ3) is 4.79. The first kappa shape index (κ1) is 23.7. The zero-order valence-electron chi connectivity index (χ0n) is 13.8.